The van der Waals surface area contributed by atoms with E-state index in [2.05, 4.69) is 23.6 Å². The monoisotopic (exact) mass is 236 g/mol. The second kappa shape index (κ2) is 7.68. The first-order valence-electron chi connectivity index (χ1n) is 5.82. The van der Waals surface area contributed by atoms with E-state index in [0.29, 0.717) is 6.54 Å². The summed E-state index contributed by atoms with van der Waals surface area (Å²) >= 11 is 0. The highest BCUT2D eigenvalue weighted by molar-refractivity contribution is 5.45. The normalized spacial score (nSPS) is 11.9. The van der Waals surface area contributed by atoms with Gasteiger partial charge < -0.3 is 15.4 Å². The molecule has 0 aliphatic rings. The highest BCUT2D eigenvalue weighted by Gasteiger charge is 2.04. The van der Waals surface area contributed by atoms with Gasteiger partial charge in [-0.15, -0.1) is 0 Å². The molecule has 4 heteroatoms. The Balaban J connectivity index is 2.35. The zero-order chi connectivity index (χ0) is 12.5. The van der Waals surface area contributed by atoms with Gasteiger partial charge in [-0.2, -0.15) is 0 Å². The van der Waals surface area contributed by atoms with Crippen molar-refractivity contribution >= 4 is 6.41 Å². The molecule has 0 saturated heterocycles. The van der Waals surface area contributed by atoms with Crippen molar-refractivity contribution in [3.8, 4) is 5.75 Å². The van der Waals surface area contributed by atoms with E-state index in [1.165, 1.54) is 5.56 Å². The van der Waals surface area contributed by atoms with Crippen molar-refractivity contribution in [2.45, 2.75) is 19.4 Å². The average Bonchev–Trinajstić information content (AvgIpc) is 2.38. The molecular weight excluding hydrogens is 216 g/mol. The summed E-state index contributed by atoms with van der Waals surface area (Å²) in [4.78, 5) is 10.0. The number of hydrogen-bond donors (Lipinski definition) is 2. The Morgan fingerprint density at radius 2 is 2.24 bits per heavy atom. The van der Waals surface area contributed by atoms with Crippen molar-refractivity contribution < 1.29 is 9.53 Å². The van der Waals surface area contributed by atoms with Crippen LogP contribution in [-0.2, 0) is 4.79 Å². The molecule has 1 amide bonds. The summed E-state index contributed by atoms with van der Waals surface area (Å²) in [5.41, 5.74) is 1.20. The molecular formula is C13H20N2O2. The van der Waals surface area contributed by atoms with Crippen molar-refractivity contribution in [1.29, 1.82) is 0 Å². The van der Waals surface area contributed by atoms with E-state index in [0.717, 1.165) is 25.1 Å². The number of nitrogens with one attached hydrogen (secondary N) is 2. The standard InChI is InChI=1S/C13H20N2O2/c1-11(15-8-4-7-14-10-16)12-5-3-6-13(9-12)17-2/h3,5-6,9-11,15H,4,7-8H2,1-2H3,(H,14,16). The van der Waals surface area contributed by atoms with Crippen LogP contribution in [-0.4, -0.2) is 26.6 Å². The van der Waals surface area contributed by atoms with Crippen LogP contribution >= 0.6 is 0 Å². The Morgan fingerprint density at radius 1 is 1.41 bits per heavy atom. The lowest BCUT2D eigenvalue weighted by Gasteiger charge is -2.14. The zero-order valence-electron chi connectivity index (χ0n) is 10.4. The summed E-state index contributed by atoms with van der Waals surface area (Å²) in [5.74, 6) is 0.874. The van der Waals surface area contributed by atoms with Crippen LogP contribution in [0, 0.1) is 0 Å². The lowest BCUT2D eigenvalue weighted by Crippen LogP contribution is -2.23. The number of methoxy groups -OCH3 is 1. The van der Waals surface area contributed by atoms with Gasteiger partial charge in [-0.25, -0.2) is 0 Å². The van der Waals surface area contributed by atoms with Gasteiger partial charge in [0.2, 0.25) is 6.41 Å². The van der Waals surface area contributed by atoms with Crippen LogP contribution in [0.5, 0.6) is 5.75 Å². The summed E-state index contributed by atoms with van der Waals surface area (Å²) in [6, 6.07) is 8.30. The number of amides is 1. The van der Waals surface area contributed by atoms with E-state index in [1.807, 2.05) is 18.2 Å². The van der Waals surface area contributed by atoms with E-state index in [1.54, 1.807) is 7.11 Å². The van der Waals surface area contributed by atoms with E-state index in [9.17, 15) is 4.79 Å². The van der Waals surface area contributed by atoms with Gasteiger partial charge in [0.15, 0.2) is 0 Å². The molecule has 0 radical (unpaired) electrons. The Hall–Kier alpha value is -1.55. The molecule has 1 atom stereocenters. The largest absolute Gasteiger partial charge is 0.497 e. The highest BCUT2D eigenvalue weighted by Crippen LogP contribution is 2.18. The molecule has 0 aromatic heterocycles. The van der Waals surface area contributed by atoms with Gasteiger partial charge in [0.25, 0.3) is 0 Å². The molecule has 0 fully saturated rings. The van der Waals surface area contributed by atoms with Gasteiger partial charge >= 0.3 is 0 Å². The van der Waals surface area contributed by atoms with Crippen LogP contribution in [0.2, 0.25) is 0 Å². The molecule has 4 nitrogen and oxygen atoms in total. The van der Waals surface area contributed by atoms with Crippen molar-refractivity contribution in [2.75, 3.05) is 20.2 Å². The highest BCUT2D eigenvalue weighted by atomic mass is 16.5. The van der Waals surface area contributed by atoms with Gasteiger partial charge in [0.05, 0.1) is 7.11 Å². The second-order valence-electron chi connectivity index (χ2n) is 3.88. The molecule has 17 heavy (non-hydrogen) atoms. The minimum Gasteiger partial charge on any atom is -0.497 e. The summed E-state index contributed by atoms with van der Waals surface area (Å²) in [7, 11) is 1.67. The third-order valence-electron chi connectivity index (χ3n) is 2.63. The van der Waals surface area contributed by atoms with Crippen molar-refractivity contribution in [1.82, 2.24) is 10.6 Å². The quantitative estimate of drug-likeness (QED) is 0.531. The van der Waals surface area contributed by atoms with E-state index < -0.39 is 0 Å². The minimum atomic E-state index is 0.279. The Morgan fingerprint density at radius 3 is 2.94 bits per heavy atom. The molecule has 0 bridgehead atoms. The van der Waals surface area contributed by atoms with Crippen LogP contribution in [0.4, 0.5) is 0 Å². The molecule has 2 N–H and O–H groups in total. The van der Waals surface area contributed by atoms with Crippen LogP contribution in [0.25, 0.3) is 0 Å². The molecule has 0 saturated carbocycles. The number of benzene rings is 1. The molecule has 94 valence electrons. The predicted molar refractivity (Wildman–Crippen MR) is 68.1 cm³/mol. The van der Waals surface area contributed by atoms with Crippen molar-refractivity contribution in [3.05, 3.63) is 29.8 Å². The van der Waals surface area contributed by atoms with E-state index >= 15 is 0 Å². The first-order valence-corrected chi connectivity index (χ1v) is 5.82. The third kappa shape index (κ3) is 4.87. The van der Waals surface area contributed by atoms with Gasteiger partial charge in [-0.1, -0.05) is 12.1 Å². The van der Waals surface area contributed by atoms with Crippen LogP contribution in [0.3, 0.4) is 0 Å². The minimum absolute atomic E-state index is 0.279. The molecule has 0 heterocycles. The van der Waals surface area contributed by atoms with Crippen LogP contribution < -0.4 is 15.4 Å². The SMILES string of the molecule is COc1cccc(C(C)NCCCNC=O)c1. The maximum Gasteiger partial charge on any atom is 0.207 e. The predicted octanol–water partition coefficient (Wildman–Crippen LogP) is 1.48. The molecule has 1 aromatic carbocycles. The van der Waals surface area contributed by atoms with Gasteiger partial charge in [-0.3, -0.25) is 4.79 Å². The molecule has 0 spiro atoms. The Bertz CT molecular complexity index is 342. The zero-order valence-corrected chi connectivity index (χ0v) is 10.4. The van der Waals surface area contributed by atoms with E-state index in [4.69, 9.17) is 4.74 Å². The molecule has 1 rings (SSSR count). The maximum atomic E-state index is 10.0. The average molecular weight is 236 g/mol. The fourth-order valence-electron chi connectivity index (χ4n) is 1.60. The molecule has 1 aromatic rings. The number of ether oxygens (including phenoxy) is 1. The summed E-state index contributed by atoms with van der Waals surface area (Å²) in [5, 5.41) is 6.04. The van der Waals surface area contributed by atoms with Gasteiger partial charge in [0, 0.05) is 12.6 Å². The number of carbonyl (C=O) groups excluding carboxylic acids is 1. The molecule has 1 unspecified atom stereocenters. The summed E-state index contributed by atoms with van der Waals surface area (Å²) < 4.78 is 5.19. The van der Waals surface area contributed by atoms with Crippen LogP contribution in [0.1, 0.15) is 24.9 Å². The van der Waals surface area contributed by atoms with Crippen molar-refractivity contribution in [3.63, 3.8) is 0 Å². The van der Waals surface area contributed by atoms with E-state index in [-0.39, 0.29) is 6.04 Å². The Labute approximate surface area is 102 Å². The lowest BCUT2D eigenvalue weighted by molar-refractivity contribution is -0.109. The fraction of sp³-hybridized carbons (Fsp3) is 0.462. The summed E-state index contributed by atoms with van der Waals surface area (Å²) in [6.07, 6.45) is 1.65. The number of hydrogen-bond acceptors (Lipinski definition) is 3. The fourth-order valence-corrected chi connectivity index (χ4v) is 1.60. The van der Waals surface area contributed by atoms with Gasteiger partial charge in [0.1, 0.15) is 5.75 Å². The van der Waals surface area contributed by atoms with Gasteiger partial charge in [-0.05, 0) is 37.6 Å². The third-order valence-corrected chi connectivity index (χ3v) is 2.63. The summed E-state index contributed by atoms with van der Waals surface area (Å²) in [6.45, 7) is 3.70. The van der Waals surface area contributed by atoms with Crippen LogP contribution in [0.15, 0.2) is 24.3 Å². The maximum absolute atomic E-state index is 10.0. The Kier molecular flexibility index (Phi) is 6.10. The first-order chi connectivity index (χ1) is 8.27. The topological polar surface area (TPSA) is 50.4 Å². The first kappa shape index (κ1) is 13.5. The second-order valence-corrected chi connectivity index (χ2v) is 3.88. The molecule has 0 aliphatic carbocycles. The smallest absolute Gasteiger partial charge is 0.207 e. The molecule has 0 aliphatic heterocycles. The number of rotatable bonds is 8. The number of carbonyl (C=O) groups is 1. The van der Waals surface area contributed by atoms with Crippen molar-refractivity contribution in [2.24, 2.45) is 0 Å². The lowest BCUT2D eigenvalue weighted by atomic mass is 10.1.